The number of aromatic carboxylic acids is 1. The predicted molar refractivity (Wildman–Crippen MR) is 67.4 cm³/mol. The highest BCUT2D eigenvalue weighted by Crippen LogP contribution is 2.44. The molecule has 0 saturated heterocycles. The number of carbonyl (C=O) groups is 1. The zero-order valence-electron chi connectivity index (χ0n) is 9.69. The van der Waals surface area contributed by atoms with Crippen LogP contribution in [-0.2, 0) is 6.54 Å². The molecule has 2 saturated carbocycles. The van der Waals surface area contributed by atoms with Gasteiger partial charge < -0.3 is 10.4 Å². The highest BCUT2D eigenvalue weighted by molar-refractivity contribution is 7.10. The monoisotopic (exact) mass is 251 g/mol. The molecule has 2 bridgehead atoms. The lowest BCUT2D eigenvalue weighted by Crippen LogP contribution is -2.33. The first kappa shape index (κ1) is 11.2. The fourth-order valence-electron chi connectivity index (χ4n) is 3.31. The summed E-state index contributed by atoms with van der Waals surface area (Å²) in [4.78, 5) is 11.9. The first-order valence-corrected chi connectivity index (χ1v) is 7.14. The number of rotatable bonds is 4. The molecule has 3 nitrogen and oxygen atoms in total. The Morgan fingerprint density at radius 3 is 2.94 bits per heavy atom. The third-order valence-corrected chi connectivity index (χ3v) is 5.11. The lowest BCUT2D eigenvalue weighted by molar-refractivity contribution is 0.0697. The summed E-state index contributed by atoms with van der Waals surface area (Å²) in [6.45, 7) is 0.825. The molecular weight excluding hydrogens is 234 g/mol. The maximum Gasteiger partial charge on any atom is 0.336 e. The van der Waals surface area contributed by atoms with E-state index in [1.54, 1.807) is 11.4 Å². The minimum atomic E-state index is -0.826. The Morgan fingerprint density at radius 1 is 1.47 bits per heavy atom. The Labute approximate surface area is 105 Å². The molecule has 0 spiro atoms. The van der Waals surface area contributed by atoms with E-state index in [9.17, 15) is 4.79 Å². The smallest absolute Gasteiger partial charge is 0.336 e. The van der Waals surface area contributed by atoms with Gasteiger partial charge >= 0.3 is 5.97 Å². The van der Waals surface area contributed by atoms with E-state index >= 15 is 0 Å². The number of nitrogens with one attached hydrogen (secondary N) is 1. The Balaban J connectivity index is 1.55. The van der Waals surface area contributed by atoms with E-state index in [1.807, 2.05) is 0 Å². The van der Waals surface area contributed by atoms with Crippen LogP contribution in [0.3, 0.4) is 0 Å². The zero-order chi connectivity index (χ0) is 11.8. The quantitative estimate of drug-likeness (QED) is 0.865. The van der Waals surface area contributed by atoms with Crippen molar-refractivity contribution in [2.45, 2.75) is 38.3 Å². The number of hydrogen-bond donors (Lipinski definition) is 2. The third-order valence-electron chi connectivity index (χ3n) is 4.18. The van der Waals surface area contributed by atoms with Crippen molar-refractivity contribution in [2.24, 2.45) is 11.8 Å². The predicted octanol–water partition coefficient (Wildman–Crippen LogP) is 2.72. The van der Waals surface area contributed by atoms with Crippen LogP contribution in [0.5, 0.6) is 0 Å². The largest absolute Gasteiger partial charge is 0.478 e. The van der Waals surface area contributed by atoms with Crippen LogP contribution in [0.25, 0.3) is 0 Å². The van der Waals surface area contributed by atoms with Crippen molar-refractivity contribution in [2.75, 3.05) is 0 Å². The van der Waals surface area contributed by atoms with Crippen LogP contribution in [0, 0.1) is 11.8 Å². The molecule has 2 N–H and O–H groups in total. The summed E-state index contributed by atoms with van der Waals surface area (Å²) in [7, 11) is 0. The molecular formula is C13H17NO2S. The fourth-order valence-corrected chi connectivity index (χ4v) is 4.12. The maximum atomic E-state index is 10.8. The second-order valence-corrected chi connectivity index (χ2v) is 6.26. The number of fused-ring (bicyclic) bond motifs is 2. The molecule has 2 aliphatic carbocycles. The third kappa shape index (κ3) is 2.24. The van der Waals surface area contributed by atoms with Gasteiger partial charge in [0, 0.05) is 22.8 Å². The van der Waals surface area contributed by atoms with E-state index in [2.05, 4.69) is 5.32 Å². The summed E-state index contributed by atoms with van der Waals surface area (Å²) in [6.07, 6.45) is 5.53. The first-order chi connectivity index (χ1) is 8.22. The summed E-state index contributed by atoms with van der Waals surface area (Å²) >= 11 is 1.54. The molecule has 2 aliphatic rings. The van der Waals surface area contributed by atoms with Crippen LogP contribution in [-0.4, -0.2) is 17.1 Å². The first-order valence-electron chi connectivity index (χ1n) is 6.26. The van der Waals surface area contributed by atoms with Gasteiger partial charge in [-0.1, -0.05) is 6.42 Å². The number of thiophene rings is 1. The SMILES string of the molecule is O=C(O)c1csc(CNC2CC3CCC2C3)c1. The topological polar surface area (TPSA) is 49.3 Å². The van der Waals surface area contributed by atoms with E-state index in [0.717, 1.165) is 23.3 Å². The Morgan fingerprint density at radius 2 is 2.35 bits per heavy atom. The highest BCUT2D eigenvalue weighted by atomic mass is 32.1. The van der Waals surface area contributed by atoms with Crippen LogP contribution in [0.2, 0.25) is 0 Å². The molecule has 1 aromatic heterocycles. The molecule has 4 heteroatoms. The summed E-state index contributed by atoms with van der Waals surface area (Å²) < 4.78 is 0. The van der Waals surface area contributed by atoms with Gasteiger partial charge in [-0.15, -0.1) is 11.3 Å². The molecule has 0 radical (unpaired) electrons. The molecule has 17 heavy (non-hydrogen) atoms. The van der Waals surface area contributed by atoms with Gasteiger partial charge in [0.05, 0.1) is 5.56 Å². The summed E-state index contributed by atoms with van der Waals surface area (Å²) in [5, 5.41) is 14.2. The van der Waals surface area contributed by atoms with Crippen LogP contribution in [0.15, 0.2) is 11.4 Å². The van der Waals surface area contributed by atoms with E-state index in [0.29, 0.717) is 11.6 Å². The van der Waals surface area contributed by atoms with Crippen molar-refractivity contribution in [1.82, 2.24) is 5.32 Å². The normalized spacial score (nSPS) is 30.9. The molecule has 3 rings (SSSR count). The van der Waals surface area contributed by atoms with Crippen LogP contribution in [0.1, 0.15) is 40.9 Å². The Bertz CT molecular complexity index is 429. The standard InChI is InChI=1S/C13H17NO2S/c15-13(16)10-5-11(17-7-10)6-14-12-4-8-1-2-9(12)3-8/h5,7-9,12,14H,1-4,6H2,(H,15,16). The van der Waals surface area contributed by atoms with Crippen molar-refractivity contribution in [1.29, 1.82) is 0 Å². The lowest BCUT2D eigenvalue weighted by atomic mass is 9.95. The van der Waals surface area contributed by atoms with Gasteiger partial charge in [0.1, 0.15) is 0 Å². The minimum Gasteiger partial charge on any atom is -0.478 e. The van der Waals surface area contributed by atoms with Crippen molar-refractivity contribution < 1.29 is 9.90 Å². The molecule has 1 aromatic rings. The summed E-state index contributed by atoms with van der Waals surface area (Å²) in [5.41, 5.74) is 0.416. The van der Waals surface area contributed by atoms with Crippen LogP contribution >= 0.6 is 11.3 Å². The number of carboxylic acid groups (broad SMARTS) is 1. The average Bonchev–Trinajstić information content (AvgIpc) is 3.02. The molecule has 3 unspecified atom stereocenters. The molecule has 1 heterocycles. The van der Waals surface area contributed by atoms with Crippen molar-refractivity contribution in [3.05, 3.63) is 21.9 Å². The maximum absolute atomic E-state index is 10.8. The molecule has 0 aromatic carbocycles. The second-order valence-electron chi connectivity index (χ2n) is 5.27. The molecule has 92 valence electrons. The summed E-state index contributed by atoms with van der Waals surface area (Å²) in [6, 6.07) is 2.46. The molecule has 0 aliphatic heterocycles. The second kappa shape index (κ2) is 4.42. The van der Waals surface area contributed by atoms with Crippen molar-refractivity contribution in [3.63, 3.8) is 0 Å². The van der Waals surface area contributed by atoms with Gasteiger partial charge in [0.2, 0.25) is 0 Å². The van der Waals surface area contributed by atoms with Gasteiger partial charge in [0.15, 0.2) is 0 Å². The van der Waals surface area contributed by atoms with E-state index in [1.165, 1.54) is 37.0 Å². The van der Waals surface area contributed by atoms with Crippen molar-refractivity contribution in [3.8, 4) is 0 Å². The molecule has 3 atom stereocenters. The molecule has 0 amide bonds. The highest BCUT2D eigenvalue weighted by Gasteiger charge is 2.38. The lowest BCUT2D eigenvalue weighted by Gasteiger charge is -2.22. The van der Waals surface area contributed by atoms with Gasteiger partial charge in [-0.25, -0.2) is 4.79 Å². The number of carboxylic acids is 1. The average molecular weight is 251 g/mol. The Hall–Kier alpha value is -0.870. The van der Waals surface area contributed by atoms with E-state index < -0.39 is 5.97 Å². The number of hydrogen-bond acceptors (Lipinski definition) is 3. The van der Waals surface area contributed by atoms with E-state index in [4.69, 9.17) is 5.11 Å². The summed E-state index contributed by atoms with van der Waals surface area (Å²) in [5.74, 6) is 1.00. The van der Waals surface area contributed by atoms with Crippen LogP contribution < -0.4 is 5.32 Å². The molecule has 2 fully saturated rings. The Kier molecular flexibility index (Phi) is 2.92. The van der Waals surface area contributed by atoms with E-state index in [-0.39, 0.29) is 0 Å². The van der Waals surface area contributed by atoms with Gasteiger partial charge in [0.25, 0.3) is 0 Å². The minimum absolute atomic E-state index is 0.416. The van der Waals surface area contributed by atoms with Gasteiger partial charge in [-0.2, -0.15) is 0 Å². The fraction of sp³-hybridized carbons (Fsp3) is 0.615. The van der Waals surface area contributed by atoms with Gasteiger partial charge in [-0.05, 0) is 37.2 Å². The van der Waals surface area contributed by atoms with Crippen LogP contribution in [0.4, 0.5) is 0 Å². The van der Waals surface area contributed by atoms with Gasteiger partial charge in [-0.3, -0.25) is 0 Å². The zero-order valence-corrected chi connectivity index (χ0v) is 10.5. The van der Waals surface area contributed by atoms with Crippen molar-refractivity contribution >= 4 is 17.3 Å².